The van der Waals surface area contributed by atoms with E-state index in [-0.39, 0.29) is 37.0 Å². The van der Waals surface area contributed by atoms with Crippen LogP contribution in [0.25, 0.3) is 0 Å². The normalized spacial score (nSPS) is 17.0. The molecule has 0 aliphatic carbocycles. The van der Waals surface area contributed by atoms with E-state index in [4.69, 9.17) is 37.9 Å². The molecule has 0 aromatic carbocycles. The SMILES string of the molecule is CCCCC/C=C\C/C=C\CCCCCCCCC(COCCCCCCCC/C=C\C[C@@H](CCCCCC)OC1CCCCO1)OC(=O)OC(CCCCCCCC/C=C\C/C=C\CCCCC)COCCCCCCCC/C=C\C[C@@H](CCCCCC)OC1CCCCO1. The molecule has 2 saturated heterocycles. The molecular weight excluding hydrogens is 1190 g/mol. The van der Waals surface area contributed by atoms with E-state index < -0.39 is 6.16 Å². The van der Waals surface area contributed by atoms with Gasteiger partial charge in [-0.25, -0.2) is 4.79 Å². The van der Waals surface area contributed by atoms with Crippen molar-refractivity contribution >= 4 is 6.16 Å². The minimum atomic E-state index is -0.559. The summed E-state index contributed by atoms with van der Waals surface area (Å²) >= 11 is 0. The molecule has 9 nitrogen and oxygen atoms in total. The Hall–Kier alpha value is -2.53. The van der Waals surface area contributed by atoms with E-state index in [1.165, 1.54) is 231 Å². The Kier molecular flexibility index (Phi) is 68.7. The number of hydrogen-bond donors (Lipinski definition) is 0. The average Bonchev–Trinajstić information content (AvgIpc) is 3.64. The highest BCUT2D eigenvalue weighted by atomic mass is 16.7. The van der Waals surface area contributed by atoms with E-state index in [0.717, 1.165) is 154 Å². The Bertz CT molecular complexity index is 1640. The molecule has 0 spiro atoms. The van der Waals surface area contributed by atoms with Gasteiger partial charge in [-0.15, -0.1) is 0 Å². The molecule has 0 N–H and O–H groups in total. The molecule has 0 amide bonds. The molecule has 0 saturated carbocycles. The van der Waals surface area contributed by atoms with Crippen LogP contribution in [0, 0.1) is 0 Å². The van der Waals surface area contributed by atoms with E-state index in [1.807, 2.05) is 0 Å². The highest BCUT2D eigenvalue weighted by molar-refractivity contribution is 5.60. The number of ether oxygens (including phenoxy) is 8. The Morgan fingerprint density at radius 3 is 0.938 bits per heavy atom. The lowest BCUT2D eigenvalue weighted by Gasteiger charge is -2.27. The molecule has 560 valence electrons. The third-order valence-electron chi connectivity index (χ3n) is 19.3. The zero-order chi connectivity index (χ0) is 68.4. The molecule has 2 rings (SSSR count). The highest BCUT2D eigenvalue weighted by Gasteiger charge is 2.23. The summed E-state index contributed by atoms with van der Waals surface area (Å²) in [6.45, 7) is 13.0. The molecule has 0 aromatic heterocycles. The van der Waals surface area contributed by atoms with Crippen LogP contribution in [0.4, 0.5) is 4.79 Å². The third-order valence-corrected chi connectivity index (χ3v) is 19.3. The zero-order valence-electron chi connectivity index (χ0n) is 63.8. The van der Waals surface area contributed by atoms with Crippen molar-refractivity contribution in [1.82, 2.24) is 0 Å². The van der Waals surface area contributed by atoms with Crippen molar-refractivity contribution in [2.45, 2.75) is 437 Å². The monoisotopic (exact) mass is 1350 g/mol. The third kappa shape index (κ3) is 62.5. The molecule has 2 fully saturated rings. The number of carbonyl (C=O) groups is 1. The molecule has 2 aliphatic heterocycles. The predicted molar refractivity (Wildman–Crippen MR) is 411 cm³/mol. The summed E-state index contributed by atoms with van der Waals surface area (Å²) in [5.41, 5.74) is 0. The first-order valence-corrected chi connectivity index (χ1v) is 42.0. The quantitative estimate of drug-likeness (QED) is 0.0335. The summed E-state index contributed by atoms with van der Waals surface area (Å²) in [6, 6.07) is 0. The number of allylic oxidation sites excluding steroid dienone is 10. The zero-order valence-corrected chi connectivity index (χ0v) is 63.8. The highest BCUT2D eigenvalue weighted by Crippen LogP contribution is 2.24. The van der Waals surface area contributed by atoms with Crippen LogP contribution in [-0.2, 0) is 37.9 Å². The lowest BCUT2D eigenvalue weighted by molar-refractivity contribution is -0.189. The fourth-order valence-electron chi connectivity index (χ4n) is 13.0. The number of unbranched alkanes of at least 4 members (excludes halogenated alkanes) is 36. The molecule has 6 atom stereocenters. The number of hydrogen-bond acceptors (Lipinski definition) is 9. The molecule has 0 aromatic rings. The van der Waals surface area contributed by atoms with E-state index in [1.54, 1.807) is 0 Å². The van der Waals surface area contributed by atoms with Gasteiger partial charge >= 0.3 is 6.16 Å². The molecule has 96 heavy (non-hydrogen) atoms. The van der Waals surface area contributed by atoms with Gasteiger partial charge in [0.15, 0.2) is 12.6 Å². The standard InChI is InChI=1S/C87H158O9/c1-5-9-13-17-19-21-23-25-27-29-31-33-37-45-51-59-71-83(79-89-75-63-53-47-41-35-39-43-49-57-69-81(67-55-15-11-7-3)93-85-73-61-65-77-91-85)95-87(88)96-84(72-60-52-46-38-34-32-30-28-26-24-22-20-18-14-10-6-2)80-90-76-64-54-48-42-36-40-44-50-58-70-82(68-56-16-12-8-4)94-86-74-62-66-78-92-86/h19-22,25-28,49-50,57-58,81-86H,5-18,23-24,29-48,51-56,59-80H2,1-4H3/b21-19-,22-20-,27-25-,28-26-,57-49-,58-50-/t81-,82-,83?,84?,85?,86?/m1/s1. The minimum Gasteiger partial charge on any atom is -0.429 e. The van der Waals surface area contributed by atoms with E-state index in [9.17, 15) is 4.79 Å². The van der Waals surface area contributed by atoms with Gasteiger partial charge in [0.25, 0.3) is 0 Å². The molecule has 2 aliphatic rings. The summed E-state index contributed by atoms with van der Waals surface area (Å²) in [5.74, 6) is 0. The van der Waals surface area contributed by atoms with Gasteiger partial charge < -0.3 is 37.9 Å². The lowest BCUT2D eigenvalue weighted by Crippen LogP contribution is -2.29. The first-order chi connectivity index (χ1) is 47.6. The second kappa shape index (κ2) is 73.7. The van der Waals surface area contributed by atoms with Gasteiger partial charge in [-0.2, -0.15) is 0 Å². The maximum absolute atomic E-state index is 13.8. The van der Waals surface area contributed by atoms with Gasteiger partial charge in [0.2, 0.25) is 0 Å². The van der Waals surface area contributed by atoms with Crippen LogP contribution in [-0.4, -0.2) is 82.8 Å². The Morgan fingerprint density at radius 1 is 0.323 bits per heavy atom. The summed E-state index contributed by atoms with van der Waals surface area (Å²) in [5, 5.41) is 0. The van der Waals surface area contributed by atoms with E-state index >= 15 is 0 Å². The fourth-order valence-corrected chi connectivity index (χ4v) is 13.0. The van der Waals surface area contributed by atoms with Crippen LogP contribution >= 0.6 is 0 Å². The van der Waals surface area contributed by atoms with Crippen LogP contribution in [0.3, 0.4) is 0 Å². The number of carbonyl (C=O) groups excluding carboxylic acids is 1. The maximum atomic E-state index is 13.8. The van der Waals surface area contributed by atoms with Gasteiger partial charge in [0.1, 0.15) is 12.2 Å². The minimum absolute atomic E-state index is 0.00812. The molecular formula is C87H158O9. The van der Waals surface area contributed by atoms with Crippen LogP contribution in [0.1, 0.15) is 400 Å². The fraction of sp³-hybridized carbons (Fsp3) is 0.851. The van der Waals surface area contributed by atoms with Crippen molar-refractivity contribution in [1.29, 1.82) is 0 Å². The van der Waals surface area contributed by atoms with Crippen LogP contribution < -0.4 is 0 Å². The van der Waals surface area contributed by atoms with Crippen LogP contribution in [0.2, 0.25) is 0 Å². The van der Waals surface area contributed by atoms with Gasteiger partial charge in [-0.3, -0.25) is 0 Å². The Labute approximate surface area is 595 Å². The molecule has 0 radical (unpaired) electrons. The number of rotatable bonds is 72. The topological polar surface area (TPSA) is 90.9 Å². The maximum Gasteiger partial charge on any atom is 0.508 e. The van der Waals surface area contributed by atoms with Crippen molar-refractivity contribution < 1.29 is 42.7 Å². The van der Waals surface area contributed by atoms with Crippen molar-refractivity contribution in [2.24, 2.45) is 0 Å². The van der Waals surface area contributed by atoms with Crippen LogP contribution in [0.15, 0.2) is 72.9 Å². The smallest absolute Gasteiger partial charge is 0.429 e. The Morgan fingerprint density at radius 2 is 0.604 bits per heavy atom. The lowest BCUT2D eigenvalue weighted by atomic mass is 10.1. The van der Waals surface area contributed by atoms with Crippen molar-refractivity contribution in [3.8, 4) is 0 Å². The second-order valence-corrected chi connectivity index (χ2v) is 28.7. The Balaban J connectivity index is 1.86. The van der Waals surface area contributed by atoms with Crippen molar-refractivity contribution in [2.75, 3.05) is 39.6 Å². The van der Waals surface area contributed by atoms with Gasteiger partial charge in [-0.1, -0.05) is 280 Å². The molecule has 4 unspecified atom stereocenters. The van der Waals surface area contributed by atoms with Gasteiger partial charge in [-0.05, 0) is 193 Å². The first kappa shape index (κ1) is 89.6. The van der Waals surface area contributed by atoms with E-state index in [2.05, 4.69) is 101 Å². The summed E-state index contributed by atoms with van der Waals surface area (Å²) in [4.78, 5) is 13.8. The summed E-state index contributed by atoms with van der Waals surface area (Å²) in [7, 11) is 0. The second-order valence-electron chi connectivity index (χ2n) is 28.7. The predicted octanol–water partition coefficient (Wildman–Crippen LogP) is 27.4. The molecule has 0 bridgehead atoms. The first-order valence-electron chi connectivity index (χ1n) is 42.0. The van der Waals surface area contributed by atoms with E-state index in [0.29, 0.717) is 26.4 Å². The van der Waals surface area contributed by atoms with Crippen molar-refractivity contribution in [3.05, 3.63) is 72.9 Å². The van der Waals surface area contributed by atoms with Gasteiger partial charge in [0.05, 0.1) is 25.4 Å². The summed E-state index contributed by atoms with van der Waals surface area (Å²) < 4.78 is 49.7. The van der Waals surface area contributed by atoms with Gasteiger partial charge in [0, 0.05) is 26.4 Å². The largest absolute Gasteiger partial charge is 0.508 e. The van der Waals surface area contributed by atoms with Crippen LogP contribution in [0.5, 0.6) is 0 Å². The summed E-state index contributed by atoms with van der Waals surface area (Å²) in [6.07, 6.45) is 96.2. The van der Waals surface area contributed by atoms with Crippen molar-refractivity contribution in [3.63, 3.8) is 0 Å². The molecule has 2 heterocycles. The average molecular weight is 1350 g/mol. The molecule has 9 heteroatoms.